The lowest BCUT2D eigenvalue weighted by Crippen LogP contribution is -2.43. The third-order valence-corrected chi connectivity index (χ3v) is 6.26. The Hall–Kier alpha value is -2.61. The first-order valence-electron chi connectivity index (χ1n) is 9.34. The number of rotatable bonds is 7. The van der Waals surface area contributed by atoms with Crippen LogP contribution >= 0.6 is 0 Å². The maximum Gasteiger partial charge on any atom is 0.263 e. The maximum atomic E-state index is 12.9. The Morgan fingerprint density at radius 1 is 1.21 bits per heavy atom. The molecule has 2 N–H and O–H groups in total. The number of nitrogens with one attached hydrogen (secondary N) is 2. The number of amidine groups is 1. The molecule has 0 saturated heterocycles. The smallest absolute Gasteiger partial charge is 0.263 e. The van der Waals surface area contributed by atoms with E-state index in [4.69, 9.17) is 4.42 Å². The molecular formula is C20H25N3O4S. The number of nitrogens with zero attached hydrogens (tertiary/aromatic N) is 1. The van der Waals surface area contributed by atoms with E-state index in [1.807, 2.05) is 26.8 Å². The van der Waals surface area contributed by atoms with Crippen molar-refractivity contribution in [1.29, 1.82) is 0 Å². The Morgan fingerprint density at radius 2 is 1.96 bits per heavy atom. The van der Waals surface area contributed by atoms with Crippen LogP contribution in [0.4, 0.5) is 0 Å². The Kier molecular flexibility index (Phi) is 5.88. The highest BCUT2D eigenvalue weighted by atomic mass is 32.2. The molecule has 28 heavy (non-hydrogen) atoms. The molecule has 3 atom stereocenters. The van der Waals surface area contributed by atoms with E-state index in [0.717, 1.165) is 12.2 Å². The minimum absolute atomic E-state index is 0.0550. The van der Waals surface area contributed by atoms with Crippen LogP contribution in [-0.4, -0.2) is 32.2 Å². The predicted octanol–water partition coefficient (Wildman–Crippen LogP) is 2.48. The quantitative estimate of drug-likeness (QED) is 0.742. The van der Waals surface area contributed by atoms with Crippen LogP contribution in [0.3, 0.4) is 0 Å². The van der Waals surface area contributed by atoms with Gasteiger partial charge in [-0.25, -0.2) is 8.42 Å². The molecule has 2 aromatic rings. The number of carbonyl (C=O) groups excluding carboxylic acids is 1. The number of amides is 1. The minimum Gasteiger partial charge on any atom is -0.469 e. The molecule has 1 aromatic carbocycles. The molecule has 1 aromatic heterocycles. The van der Waals surface area contributed by atoms with Gasteiger partial charge in [0.1, 0.15) is 17.6 Å². The van der Waals surface area contributed by atoms with Crippen molar-refractivity contribution in [3.8, 4) is 0 Å². The van der Waals surface area contributed by atoms with Gasteiger partial charge in [-0.2, -0.15) is 0 Å². The Bertz CT molecular complexity index is 967. The molecular weight excluding hydrogens is 378 g/mol. The first-order valence-corrected chi connectivity index (χ1v) is 10.8. The van der Waals surface area contributed by atoms with Crippen molar-refractivity contribution in [3.63, 3.8) is 0 Å². The third-order valence-electron chi connectivity index (χ3n) is 4.86. The molecule has 0 bridgehead atoms. The summed E-state index contributed by atoms with van der Waals surface area (Å²) in [6.45, 7) is 5.81. The second-order valence-corrected chi connectivity index (χ2v) is 8.75. The Morgan fingerprint density at radius 3 is 2.64 bits per heavy atom. The van der Waals surface area contributed by atoms with Crippen LogP contribution in [0.5, 0.6) is 0 Å². The van der Waals surface area contributed by atoms with Gasteiger partial charge in [-0.05, 0) is 37.1 Å². The largest absolute Gasteiger partial charge is 0.469 e. The zero-order chi connectivity index (χ0) is 20.3. The van der Waals surface area contributed by atoms with E-state index in [1.54, 1.807) is 30.5 Å². The van der Waals surface area contributed by atoms with Crippen LogP contribution in [0.2, 0.25) is 0 Å². The molecule has 3 rings (SSSR count). The molecule has 0 fully saturated rings. The van der Waals surface area contributed by atoms with E-state index in [-0.39, 0.29) is 28.6 Å². The predicted molar refractivity (Wildman–Crippen MR) is 107 cm³/mol. The van der Waals surface area contributed by atoms with Crippen LogP contribution in [0.1, 0.15) is 38.5 Å². The highest BCUT2D eigenvalue weighted by Gasteiger charge is 2.33. The Labute approximate surface area is 165 Å². The number of hydrogen-bond donors (Lipinski definition) is 2. The molecule has 150 valence electrons. The number of aliphatic imine (C=N–C) groups is 1. The summed E-state index contributed by atoms with van der Waals surface area (Å²) in [6, 6.07) is 9.46. The van der Waals surface area contributed by atoms with E-state index in [9.17, 15) is 13.2 Å². The van der Waals surface area contributed by atoms with Crippen molar-refractivity contribution < 1.29 is 17.6 Å². The molecule has 1 aliphatic rings. The number of sulfonamides is 1. The van der Waals surface area contributed by atoms with E-state index < -0.39 is 16.1 Å². The van der Waals surface area contributed by atoms with Gasteiger partial charge in [-0.1, -0.05) is 32.4 Å². The lowest BCUT2D eigenvalue weighted by Gasteiger charge is -2.22. The summed E-state index contributed by atoms with van der Waals surface area (Å²) in [4.78, 5) is 17.6. The van der Waals surface area contributed by atoms with Crippen LogP contribution in [-0.2, 0) is 21.2 Å². The van der Waals surface area contributed by atoms with Gasteiger partial charge in [0.05, 0.1) is 11.2 Å². The molecule has 1 amide bonds. The number of hydrogen-bond acceptors (Lipinski definition) is 5. The Balaban J connectivity index is 1.83. The van der Waals surface area contributed by atoms with Crippen LogP contribution in [0, 0.1) is 5.92 Å². The normalized spacial score (nSPS) is 19.5. The monoisotopic (exact) mass is 403 g/mol. The topological polar surface area (TPSA) is 101 Å². The molecule has 7 nitrogen and oxygen atoms in total. The van der Waals surface area contributed by atoms with Gasteiger partial charge in [0.25, 0.3) is 10.0 Å². The summed E-state index contributed by atoms with van der Waals surface area (Å²) in [6.07, 6.45) is 2.90. The fourth-order valence-corrected chi connectivity index (χ4v) is 4.39. The minimum atomic E-state index is -3.64. The van der Waals surface area contributed by atoms with Crippen molar-refractivity contribution in [2.24, 2.45) is 10.9 Å². The van der Waals surface area contributed by atoms with Crippen LogP contribution < -0.4 is 10.0 Å². The van der Waals surface area contributed by atoms with E-state index in [1.165, 1.54) is 6.07 Å². The highest BCUT2D eigenvalue weighted by molar-refractivity contribution is 7.90. The van der Waals surface area contributed by atoms with Crippen molar-refractivity contribution in [1.82, 2.24) is 10.0 Å². The fraction of sp³-hybridized carbons (Fsp3) is 0.400. The van der Waals surface area contributed by atoms with Crippen LogP contribution in [0.25, 0.3) is 0 Å². The van der Waals surface area contributed by atoms with Gasteiger partial charge in [-0.3, -0.25) is 14.5 Å². The van der Waals surface area contributed by atoms with Gasteiger partial charge < -0.3 is 9.73 Å². The van der Waals surface area contributed by atoms with Gasteiger partial charge in [0.2, 0.25) is 5.91 Å². The zero-order valence-electron chi connectivity index (χ0n) is 16.2. The van der Waals surface area contributed by atoms with E-state index in [0.29, 0.717) is 12.0 Å². The van der Waals surface area contributed by atoms with E-state index in [2.05, 4.69) is 15.0 Å². The summed E-state index contributed by atoms with van der Waals surface area (Å²) in [7, 11) is -3.64. The van der Waals surface area contributed by atoms with E-state index >= 15 is 0 Å². The lowest BCUT2D eigenvalue weighted by molar-refractivity contribution is -0.123. The molecule has 1 unspecified atom stereocenters. The second kappa shape index (κ2) is 8.18. The zero-order valence-corrected chi connectivity index (χ0v) is 17.0. The SMILES string of the molecule is CC[C@H](C)[C@H](N=C1NS(=O)(=O)c2ccccc21)C(=O)NC(C)Cc1ccco1. The van der Waals surface area contributed by atoms with Gasteiger partial charge in [-0.15, -0.1) is 0 Å². The van der Waals surface area contributed by atoms with Gasteiger partial charge in [0, 0.05) is 18.0 Å². The molecule has 0 aliphatic carbocycles. The second-order valence-electron chi connectivity index (χ2n) is 7.10. The molecule has 1 aliphatic heterocycles. The fourth-order valence-electron chi connectivity index (χ4n) is 3.15. The highest BCUT2D eigenvalue weighted by Crippen LogP contribution is 2.24. The lowest BCUT2D eigenvalue weighted by atomic mass is 9.98. The molecule has 0 radical (unpaired) electrons. The van der Waals surface area contributed by atoms with Crippen molar-refractivity contribution in [2.75, 3.05) is 0 Å². The standard InChI is InChI=1S/C20H25N3O4S/c1-4-13(2)18(20(24)21-14(3)12-15-8-7-11-27-15)22-19-16-9-5-6-10-17(16)28(25,26)23-19/h5-11,13-14,18H,4,12H2,1-3H3,(H,21,24)(H,22,23)/t13-,14?,18-/m0/s1. The van der Waals surface area contributed by atoms with Gasteiger partial charge in [0.15, 0.2) is 0 Å². The van der Waals surface area contributed by atoms with Crippen molar-refractivity contribution >= 4 is 21.8 Å². The van der Waals surface area contributed by atoms with Crippen molar-refractivity contribution in [2.45, 2.75) is 50.6 Å². The number of benzene rings is 1. The number of furan rings is 1. The van der Waals surface area contributed by atoms with Crippen LogP contribution in [0.15, 0.2) is 57.0 Å². The average Bonchev–Trinajstić information content (AvgIpc) is 3.25. The number of carbonyl (C=O) groups is 1. The summed E-state index contributed by atoms with van der Waals surface area (Å²) in [5, 5.41) is 2.97. The maximum absolute atomic E-state index is 12.9. The third kappa shape index (κ3) is 4.27. The summed E-state index contributed by atoms with van der Waals surface area (Å²) >= 11 is 0. The first-order chi connectivity index (χ1) is 13.3. The van der Waals surface area contributed by atoms with Crippen molar-refractivity contribution in [3.05, 3.63) is 54.0 Å². The average molecular weight is 404 g/mol. The van der Waals surface area contributed by atoms with Gasteiger partial charge >= 0.3 is 0 Å². The molecule has 0 saturated carbocycles. The summed E-state index contributed by atoms with van der Waals surface area (Å²) in [5.74, 6) is 0.719. The summed E-state index contributed by atoms with van der Waals surface area (Å²) in [5.41, 5.74) is 0.493. The molecule has 8 heteroatoms. The molecule has 0 spiro atoms. The summed E-state index contributed by atoms with van der Waals surface area (Å²) < 4.78 is 32.4. The number of fused-ring (bicyclic) bond motifs is 1. The first kappa shape index (κ1) is 20.1. The molecule has 2 heterocycles.